The average molecular weight is 274 g/mol. The first-order valence-electron chi connectivity index (χ1n) is 6.00. The number of anilines is 1. The van der Waals surface area contributed by atoms with E-state index in [4.69, 9.17) is 10.2 Å². The summed E-state index contributed by atoms with van der Waals surface area (Å²) in [5, 5.41) is 24.2. The number of urea groups is 1. The molecule has 0 aliphatic rings. The van der Waals surface area contributed by atoms with Crippen molar-refractivity contribution in [3.05, 3.63) is 42.5 Å². The Kier molecular flexibility index (Phi) is 4.17. The topological polar surface area (TPSA) is 98.7 Å². The van der Waals surface area contributed by atoms with Crippen LogP contribution in [0.2, 0.25) is 0 Å². The molecule has 2 aromatic rings. The smallest absolute Gasteiger partial charge is 0.328 e. The molecule has 0 aliphatic carbocycles. The quantitative estimate of drug-likeness (QED) is 0.677. The summed E-state index contributed by atoms with van der Waals surface area (Å²) in [5.74, 6) is -1.29. The van der Waals surface area contributed by atoms with Gasteiger partial charge in [-0.15, -0.1) is 0 Å². The Bertz CT molecular complexity index is 642. The summed E-state index contributed by atoms with van der Waals surface area (Å²) in [6.45, 7) is -0.666. The van der Waals surface area contributed by atoms with E-state index in [0.29, 0.717) is 5.69 Å². The van der Waals surface area contributed by atoms with Crippen molar-refractivity contribution in [1.82, 2.24) is 5.32 Å². The largest absolute Gasteiger partial charge is 0.480 e. The number of nitrogens with one attached hydrogen (secondary N) is 2. The van der Waals surface area contributed by atoms with Crippen LogP contribution < -0.4 is 10.6 Å². The van der Waals surface area contributed by atoms with Gasteiger partial charge in [0.2, 0.25) is 0 Å². The second kappa shape index (κ2) is 6.03. The van der Waals surface area contributed by atoms with E-state index in [1.165, 1.54) is 0 Å². The molecule has 2 aromatic carbocycles. The number of benzene rings is 2. The molecule has 0 unspecified atom stereocenters. The standard InChI is InChI=1S/C14H14N2O4/c17-8-12(13(18)19)16-14(20)15-11-6-5-9-3-1-2-4-10(9)7-11/h1-7,12,17H,8H2,(H,18,19)(H2,15,16,20)/t12-/m0/s1. The fourth-order valence-corrected chi connectivity index (χ4v) is 1.78. The van der Waals surface area contributed by atoms with Crippen LogP contribution in [-0.4, -0.2) is 34.9 Å². The third-order valence-corrected chi connectivity index (χ3v) is 2.79. The summed E-state index contributed by atoms with van der Waals surface area (Å²) < 4.78 is 0. The van der Waals surface area contributed by atoms with Crippen LogP contribution in [-0.2, 0) is 4.79 Å². The van der Waals surface area contributed by atoms with Crippen molar-refractivity contribution < 1.29 is 19.8 Å². The molecule has 0 aliphatic heterocycles. The Morgan fingerprint density at radius 1 is 1.10 bits per heavy atom. The molecule has 6 nitrogen and oxygen atoms in total. The van der Waals surface area contributed by atoms with Gasteiger partial charge >= 0.3 is 12.0 Å². The molecule has 0 aromatic heterocycles. The number of carboxylic acid groups (broad SMARTS) is 1. The summed E-state index contributed by atoms with van der Waals surface area (Å²) in [5.41, 5.74) is 0.545. The highest BCUT2D eigenvalue weighted by molar-refractivity contribution is 5.95. The highest BCUT2D eigenvalue weighted by Gasteiger charge is 2.18. The maximum Gasteiger partial charge on any atom is 0.328 e. The highest BCUT2D eigenvalue weighted by Crippen LogP contribution is 2.18. The first-order chi connectivity index (χ1) is 9.60. The number of carbonyl (C=O) groups is 2. The van der Waals surface area contributed by atoms with Crippen molar-refractivity contribution in [2.24, 2.45) is 0 Å². The van der Waals surface area contributed by atoms with E-state index in [-0.39, 0.29) is 0 Å². The second-order valence-corrected chi connectivity index (χ2v) is 4.23. The van der Waals surface area contributed by atoms with Crippen LogP contribution in [0, 0.1) is 0 Å². The molecule has 0 heterocycles. The number of carboxylic acids is 1. The van der Waals surface area contributed by atoms with Crippen molar-refractivity contribution in [2.75, 3.05) is 11.9 Å². The number of aliphatic hydroxyl groups excluding tert-OH is 1. The monoisotopic (exact) mass is 274 g/mol. The number of rotatable bonds is 4. The highest BCUT2D eigenvalue weighted by atomic mass is 16.4. The molecule has 1 atom stereocenters. The molecule has 4 N–H and O–H groups in total. The van der Waals surface area contributed by atoms with Gasteiger partial charge in [-0.3, -0.25) is 0 Å². The summed E-state index contributed by atoms with van der Waals surface area (Å²) >= 11 is 0. The molecule has 2 rings (SSSR count). The lowest BCUT2D eigenvalue weighted by Crippen LogP contribution is -2.45. The van der Waals surface area contributed by atoms with Gasteiger partial charge in [-0.05, 0) is 22.9 Å². The van der Waals surface area contributed by atoms with Crippen LogP contribution in [0.3, 0.4) is 0 Å². The molecular weight excluding hydrogens is 260 g/mol. The number of amides is 2. The Labute approximate surface area is 115 Å². The predicted molar refractivity (Wildman–Crippen MR) is 74.6 cm³/mol. The lowest BCUT2D eigenvalue weighted by atomic mass is 10.1. The Morgan fingerprint density at radius 2 is 1.80 bits per heavy atom. The molecule has 6 heteroatoms. The number of hydrogen-bond acceptors (Lipinski definition) is 3. The Hall–Kier alpha value is -2.60. The fourth-order valence-electron chi connectivity index (χ4n) is 1.78. The first kappa shape index (κ1) is 13.8. The Morgan fingerprint density at radius 3 is 2.45 bits per heavy atom. The van der Waals surface area contributed by atoms with Crippen molar-refractivity contribution in [3.63, 3.8) is 0 Å². The minimum absolute atomic E-state index is 0.545. The molecule has 104 valence electrons. The summed E-state index contributed by atoms with van der Waals surface area (Å²) in [6, 6.07) is 11.0. The number of aliphatic carboxylic acids is 1. The maximum atomic E-state index is 11.6. The first-order valence-corrected chi connectivity index (χ1v) is 6.00. The minimum atomic E-state index is -1.32. The van der Waals surface area contributed by atoms with Gasteiger partial charge in [0.05, 0.1) is 6.61 Å². The van der Waals surface area contributed by atoms with E-state index in [0.717, 1.165) is 10.8 Å². The van der Waals surface area contributed by atoms with Crippen LogP contribution in [0.25, 0.3) is 10.8 Å². The van der Waals surface area contributed by atoms with E-state index in [1.807, 2.05) is 30.3 Å². The third kappa shape index (κ3) is 3.24. The maximum absolute atomic E-state index is 11.6. The van der Waals surface area contributed by atoms with Crippen LogP contribution in [0.5, 0.6) is 0 Å². The average Bonchev–Trinajstić information content (AvgIpc) is 2.44. The summed E-state index contributed by atoms with van der Waals surface area (Å²) in [4.78, 5) is 22.3. The molecular formula is C14H14N2O4. The van der Waals surface area contributed by atoms with Gasteiger partial charge in [-0.25, -0.2) is 9.59 Å². The van der Waals surface area contributed by atoms with Crippen molar-refractivity contribution in [3.8, 4) is 0 Å². The van der Waals surface area contributed by atoms with Crippen molar-refractivity contribution >= 4 is 28.5 Å². The van der Waals surface area contributed by atoms with Crippen molar-refractivity contribution in [1.29, 1.82) is 0 Å². The molecule has 0 spiro atoms. The zero-order valence-corrected chi connectivity index (χ0v) is 10.5. The van der Waals surface area contributed by atoms with E-state index in [9.17, 15) is 9.59 Å². The summed E-state index contributed by atoms with van der Waals surface area (Å²) in [6.07, 6.45) is 0. The number of carbonyl (C=O) groups excluding carboxylic acids is 1. The van der Waals surface area contributed by atoms with Gasteiger partial charge < -0.3 is 20.8 Å². The lowest BCUT2D eigenvalue weighted by Gasteiger charge is -2.13. The molecule has 0 bridgehead atoms. The second-order valence-electron chi connectivity index (χ2n) is 4.23. The van der Waals surface area contributed by atoms with Gasteiger partial charge in [-0.2, -0.15) is 0 Å². The molecule has 2 amide bonds. The van der Waals surface area contributed by atoms with Gasteiger partial charge in [0.25, 0.3) is 0 Å². The van der Waals surface area contributed by atoms with E-state index < -0.39 is 24.6 Å². The van der Waals surface area contributed by atoms with Gasteiger partial charge in [0.15, 0.2) is 6.04 Å². The van der Waals surface area contributed by atoms with Crippen LogP contribution >= 0.6 is 0 Å². The van der Waals surface area contributed by atoms with Gasteiger partial charge in [0.1, 0.15) is 0 Å². The number of fused-ring (bicyclic) bond motifs is 1. The molecule has 0 fully saturated rings. The zero-order chi connectivity index (χ0) is 14.5. The SMILES string of the molecule is O=C(Nc1ccc2ccccc2c1)N[C@@H](CO)C(=O)O. The number of hydrogen-bond donors (Lipinski definition) is 4. The minimum Gasteiger partial charge on any atom is -0.480 e. The lowest BCUT2D eigenvalue weighted by molar-refractivity contribution is -0.140. The predicted octanol–water partition coefficient (Wildman–Crippen LogP) is 1.41. The number of aliphatic hydroxyl groups is 1. The Balaban J connectivity index is 2.07. The van der Waals surface area contributed by atoms with Crippen LogP contribution in [0.4, 0.5) is 10.5 Å². The van der Waals surface area contributed by atoms with E-state index in [2.05, 4.69) is 10.6 Å². The van der Waals surface area contributed by atoms with Gasteiger partial charge in [0, 0.05) is 5.69 Å². The normalized spacial score (nSPS) is 11.8. The van der Waals surface area contributed by atoms with Gasteiger partial charge in [-0.1, -0.05) is 30.3 Å². The molecule has 20 heavy (non-hydrogen) atoms. The fraction of sp³-hybridized carbons (Fsp3) is 0.143. The van der Waals surface area contributed by atoms with Crippen LogP contribution in [0.15, 0.2) is 42.5 Å². The molecule has 0 radical (unpaired) electrons. The zero-order valence-electron chi connectivity index (χ0n) is 10.5. The van der Waals surface area contributed by atoms with E-state index >= 15 is 0 Å². The van der Waals surface area contributed by atoms with Crippen LogP contribution in [0.1, 0.15) is 0 Å². The van der Waals surface area contributed by atoms with Crippen molar-refractivity contribution in [2.45, 2.75) is 6.04 Å². The molecule has 0 saturated heterocycles. The summed E-state index contributed by atoms with van der Waals surface area (Å²) in [7, 11) is 0. The third-order valence-electron chi connectivity index (χ3n) is 2.79. The van der Waals surface area contributed by atoms with E-state index in [1.54, 1.807) is 12.1 Å². The molecule has 0 saturated carbocycles.